The Morgan fingerprint density at radius 1 is 1.00 bits per heavy atom. The monoisotopic (exact) mass is 495 g/mol. The first-order valence-corrected chi connectivity index (χ1v) is 12.7. The number of aromatic nitrogens is 2. The molecule has 196 valence electrons. The maximum atomic E-state index is 10.7. The van der Waals surface area contributed by atoms with E-state index in [9.17, 15) is 5.11 Å². The molecule has 7 nitrogen and oxygen atoms in total. The number of para-hydroxylation sites is 1. The van der Waals surface area contributed by atoms with Gasteiger partial charge in [0.1, 0.15) is 11.5 Å². The van der Waals surface area contributed by atoms with Crippen molar-refractivity contribution in [1.29, 1.82) is 0 Å². The summed E-state index contributed by atoms with van der Waals surface area (Å²) in [5.74, 6) is 2.15. The highest BCUT2D eigenvalue weighted by atomic mass is 16.5. The van der Waals surface area contributed by atoms with Crippen molar-refractivity contribution in [1.82, 2.24) is 14.7 Å². The van der Waals surface area contributed by atoms with Crippen LogP contribution in [0, 0.1) is 0 Å². The van der Waals surface area contributed by atoms with E-state index in [4.69, 9.17) is 19.3 Å². The van der Waals surface area contributed by atoms with Crippen molar-refractivity contribution in [2.24, 2.45) is 0 Å². The predicted molar refractivity (Wildman–Crippen MR) is 143 cm³/mol. The van der Waals surface area contributed by atoms with E-state index in [2.05, 4.69) is 25.7 Å². The first-order chi connectivity index (χ1) is 17.1. The number of ether oxygens (including phenoxy) is 3. The zero-order valence-corrected chi connectivity index (χ0v) is 22.7. The lowest BCUT2D eigenvalue weighted by atomic mass is 10.1. The van der Waals surface area contributed by atoms with Crippen LogP contribution in [0.1, 0.15) is 52.8 Å². The number of aryl methyl sites for hydroxylation is 1. The number of benzene rings is 2. The minimum absolute atomic E-state index is 0.202. The molecule has 0 bridgehead atoms. The van der Waals surface area contributed by atoms with E-state index in [-0.39, 0.29) is 18.2 Å². The van der Waals surface area contributed by atoms with Crippen LogP contribution < -0.4 is 9.47 Å². The van der Waals surface area contributed by atoms with Gasteiger partial charge in [0.15, 0.2) is 0 Å². The van der Waals surface area contributed by atoms with Crippen LogP contribution in [-0.4, -0.2) is 57.8 Å². The van der Waals surface area contributed by atoms with E-state index in [1.54, 1.807) is 7.11 Å². The summed E-state index contributed by atoms with van der Waals surface area (Å²) in [6.45, 7) is 13.7. The SMILES string of the molecule is CCc1nn(-c2ccccc2)c(Oc2ccc(OC)cc2)c1CN(C[C@@H](O)COC(C)(C)C)C(C)C. The molecule has 0 unspecified atom stereocenters. The Hall–Kier alpha value is -2.87. The van der Waals surface area contributed by atoms with Gasteiger partial charge in [-0.05, 0) is 77.4 Å². The standard InChI is InChI=1S/C29H41N3O4/c1-8-27-26(19-31(21(2)3)18-23(33)20-35-29(4,5)6)28(32(30-27)22-12-10-9-11-13-22)36-25-16-14-24(34-7)15-17-25/h9-17,21,23,33H,8,18-20H2,1-7H3/t23-/m1/s1. The highest BCUT2D eigenvalue weighted by Gasteiger charge is 2.25. The summed E-state index contributed by atoms with van der Waals surface area (Å²) in [7, 11) is 1.65. The predicted octanol–water partition coefficient (Wildman–Crippen LogP) is 5.62. The van der Waals surface area contributed by atoms with Crippen LogP contribution in [0.3, 0.4) is 0 Å². The molecule has 0 amide bonds. The van der Waals surface area contributed by atoms with Crippen molar-refractivity contribution < 1.29 is 19.3 Å². The zero-order chi connectivity index (χ0) is 26.3. The lowest BCUT2D eigenvalue weighted by molar-refractivity contribution is -0.0587. The Labute approximate surface area is 215 Å². The minimum atomic E-state index is -0.605. The van der Waals surface area contributed by atoms with Gasteiger partial charge in [-0.1, -0.05) is 25.1 Å². The van der Waals surface area contributed by atoms with Gasteiger partial charge >= 0.3 is 0 Å². The molecule has 1 N–H and O–H groups in total. The van der Waals surface area contributed by atoms with E-state index < -0.39 is 6.10 Å². The second kappa shape index (κ2) is 12.4. The fourth-order valence-electron chi connectivity index (χ4n) is 3.86. The average molecular weight is 496 g/mol. The van der Waals surface area contributed by atoms with Crippen LogP contribution in [0.25, 0.3) is 5.69 Å². The molecule has 1 aromatic heterocycles. The normalized spacial score (nSPS) is 12.8. The van der Waals surface area contributed by atoms with Gasteiger partial charge in [0.25, 0.3) is 0 Å². The molecule has 0 spiro atoms. The van der Waals surface area contributed by atoms with Crippen molar-refractivity contribution in [3.05, 3.63) is 65.9 Å². The molecule has 0 saturated carbocycles. The van der Waals surface area contributed by atoms with E-state index in [1.165, 1.54) is 0 Å². The van der Waals surface area contributed by atoms with E-state index in [0.717, 1.165) is 29.1 Å². The number of aliphatic hydroxyl groups excluding tert-OH is 1. The third kappa shape index (κ3) is 7.56. The van der Waals surface area contributed by atoms with Crippen molar-refractivity contribution >= 4 is 0 Å². The summed E-state index contributed by atoms with van der Waals surface area (Å²) >= 11 is 0. The van der Waals surface area contributed by atoms with Gasteiger partial charge in [-0.2, -0.15) is 5.10 Å². The first kappa shape index (κ1) is 27.7. The maximum Gasteiger partial charge on any atom is 0.227 e. The fraction of sp³-hybridized carbons (Fsp3) is 0.483. The van der Waals surface area contributed by atoms with Crippen molar-refractivity contribution in [2.45, 2.75) is 72.3 Å². The quantitative estimate of drug-likeness (QED) is 0.352. The van der Waals surface area contributed by atoms with Gasteiger partial charge in [-0.3, -0.25) is 4.90 Å². The summed E-state index contributed by atoms with van der Waals surface area (Å²) in [4.78, 5) is 2.24. The Morgan fingerprint density at radius 3 is 2.19 bits per heavy atom. The number of rotatable bonds is 12. The van der Waals surface area contributed by atoms with Crippen LogP contribution in [-0.2, 0) is 17.7 Å². The molecule has 3 rings (SSSR count). The topological polar surface area (TPSA) is 69.0 Å². The van der Waals surface area contributed by atoms with Crippen LogP contribution in [0.2, 0.25) is 0 Å². The molecule has 1 atom stereocenters. The van der Waals surface area contributed by atoms with Gasteiger partial charge < -0.3 is 19.3 Å². The summed E-state index contributed by atoms with van der Waals surface area (Å²) in [5, 5.41) is 15.7. The summed E-state index contributed by atoms with van der Waals surface area (Å²) in [5.41, 5.74) is 2.61. The Morgan fingerprint density at radius 2 is 1.64 bits per heavy atom. The van der Waals surface area contributed by atoms with Crippen molar-refractivity contribution in [2.75, 3.05) is 20.3 Å². The molecule has 0 saturated heterocycles. The molecule has 3 aromatic rings. The molecule has 0 fully saturated rings. The van der Waals surface area contributed by atoms with Crippen LogP contribution in [0.15, 0.2) is 54.6 Å². The lowest BCUT2D eigenvalue weighted by Gasteiger charge is -2.30. The molecule has 0 aliphatic rings. The van der Waals surface area contributed by atoms with Gasteiger partial charge in [-0.25, -0.2) is 4.68 Å². The highest BCUT2D eigenvalue weighted by Crippen LogP contribution is 2.33. The van der Waals surface area contributed by atoms with Crippen molar-refractivity contribution in [3.8, 4) is 23.1 Å². The molecule has 2 aromatic carbocycles. The molecular formula is C29H41N3O4. The Bertz CT molecular complexity index is 1070. The van der Waals surface area contributed by atoms with E-state index >= 15 is 0 Å². The molecule has 0 radical (unpaired) electrons. The molecular weight excluding hydrogens is 454 g/mol. The molecule has 0 aliphatic carbocycles. The highest BCUT2D eigenvalue weighted by molar-refractivity contribution is 5.44. The molecule has 7 heteroatoms. The molecule has 36 heavy (non-hydrogen) atoms. The Balaban J connectivity index is 1.96. The lowest BCUT2D eigenvalue weighted by Crippen LogP contribution is -2.40. The third-order valence-corrected chi connectivity index (χ3v) is 5.87. The number of nitrogens with zero attached hydrogens (tertiary/aromatic N) is 3. The second-order valence-electron chi connectivity index (χ2n) is 10.2. The molecule has 0 aliphatic heterocycles. The smallest absolute Gasteiger partial charge is 0.227 e. The van der Waals surface area contributed by atoms with Crippen LogP contribution in [0.4, 0.5) is 0 Å². The summed E-state index contributed by atoms with van der Waals surface area (Å²) in [6.07, 6.45) is 0.155. The van der Waals surface area contributed by atoms with Crippen LogP contribution in [0.5, 0.6) is 17.4 Å². The number of methoxy groups -OCH3 is 1. The fourth-order valence-corrected chi connectivity index (χ4v) is 3.86. The maximum absolute atomic E-state index is 10.7. The van der Waals surface area contributed by atoms with Gasteiger partial charge in [-0.15, -0.1) is 0 Å². The van der Waals surface area contributed by atoms with Gasteiger partial charge in [0.05, 0.1) is 42.4 Å². The summed E-state index contributed by atoms with van der Waals surface area (Å²) in [6, 6.07) is 17.8. The second-order valence-corrected chi connectivity index (χ2v) is 10.2. The molecule has 1 heterocycles. The summed E-state index contributed by atoms with van der Waals surface area (Å²) < 4.78 is 19.5. The van der Waals surface area contributed by atoms with Crippen LogP contribution >= 0.6 is 0 Å². The van der Waals surface area contributed by atoms with E-state index in [0.29, 0.717) is 24.7 Å². The van der Waals surface area contributed by atoms with Crippen molar-refractivity contribution in [3.63, 3.8) is 0 Å². The van der Waals surface area contributed by atoms with E-state index in [1.807, 2.05) is 80.1 Å². The minimum Gasteiger partial charge on any atom is -0.497 e. The third-order valence-electron chi connectivity index (χ3n) is 5.87. The number of aliphatic hydroxyl groups is 1. The average Bonchev–Trinajstić information content (AvgIpc) is 3.19. The van der Waals surface area contributed by atoms with Gasteiger partial charge in [0, 0.05) is 19.1 Å². The largest absolute Gasteiger partial charge is 0.497 e. The number of hydrogen-bond acceptors (Lipinski definition) is 6. The zero-order valence-electron chi connectivity index (χ0n) is 22.7. The van der Waals surface area contributed by atoms with Gasteiger partial charge in [0.2, 0.25) is 5.88 Å². The Kier molecular flexibility index (Phi) is 9.54. The first-order valence-electron chi connectivity index (χ1n) is 12.7. The number of hydrogen-bond donors (Lipinski definition) is 1.